The van der Waals surface area contributed by atoms with Gasteiger partial charge in [0.25, 0.3) is 11.1 Å². The molecule has 3 amide bonds. The number of hydrogen-bond donors (Lipinski definition) is 1. The second-order valence-corrected chi connectivity index (χ2v) is 9.90. The summed E-state index contributed by atoms with van der Waals surface area (Å²) in [6.07, 6.45) is 3.28. The third kappa shape index (κ3) is 5.27. The van der Waals surface area contributed by atoms with E-state index in [1.54, 1.807) is 12.3 Å². The minimum absolute atomic E-state index is 0.0505. The van der Waals surface area contributed by atoms with E-state index in [0.717, 1.165) is 17.0 Å². The van der Waals surface area contributed by atoms with Crippen LogP contribution < -0.4 is 5.32 Å². The Hall–Kier alpha value is -4.09. The molecule has 0 unspecified atom stereocenters. The molecule has 0 radical (unpaired) electrons. The maximum atomic E-state index is 13.9. The molecule has 0 bridgehead atoms. The SMILES string of the molecule is O=C(CN1C(=O)SC(=Cc2cn(Cc3ccc(F)cc3Cl)c3ccccc23)C1=O)Nc1ccc(F)c(F)c1F. The molecular weight excluding hydrogens is 558 g/mol. The van der Waals surface area contributed by atoms with Gasteiger partial charge >= 0.3 is 0 Å². The Kier molecular flexibility index (Phi) is 7.19. The molecule has 0 saturated carbocycles. The molecular formula is C27H16ClF4N3O3S. The molecule has 6 nitrogen and oxygen atoms in total. The molecule has 1 N–H and O–H groups in total. The van der Waals surface area contributed by atoms with Gasteiger partial charge in [-0.15, -0.1) is 0 Å². The van der Waals surface area contributed by atoms with E-state index in [-0.39, 0.29) is 9.93 Å². The number of rotatable bonds is 6. The molecule has 0 spiro atoms. The molecule has 5 rings (SSSR count). The van der Waals surface area contributed by atoms with E-state index in [1.165, 1.54) is 18.2 Å². The van der Waals surface area contributed by atoms with Crippen LogP contribution in [0, 0.1) is 23.3 Å². The number of anilines is 1. The predicted octanol–water partition coefficient (Wildman–Crippen LogP) is 6.57. The first-order valence-corrected chi connectivity index (χ1v) is 12.5. The van der Waals surface area contributed by atoms with Crippen molar-refractivity contribution in [2.75, 3.05) is 11.9 Å². The number of nitrogens with one attached hydrogen (secondary N) is 1. The largest absolute Gasteiger partial charge is 0.342 e. The Labute approximate surface area is 227 Å². The lowest BCUT2D eigenvalue weighted by Crippen LogP contribution is -2.36. The summed E-state index contributed by atoms with van der Waals surface area (Å²) in [7, 11) is 0. The Morgan fingerprint density at radius 2 is 1.77 bits per heavy atom. The Balaban J connectivity index is 1.38. The number of imide groups is 1. The van der Waals surface area contributed by atoms with E-state index in [2.05, 4.69) is 0 Å². The van der Waals surface area contributed by atoms with Crippen molar-refractivity contribution in [3.05, 3.63) is 105 Å². The number of halogens is 5. The highest BCUT2D eigenvalue weighted by Gasteiger charge is 2.36. The second-order valence-electron chi connectivity index (χ2n) is 8.50. The molecule has 1 fully saturated rings. The number of amides is 3. The Morgan fingerprint density at radius 1 is 1.00 bits per heavy atom. The van der Waals surface area contributed by atoms with Gasteiger partial charge in [0, 0.05) is 34.2 Å². The minimum Gasteiger partial charge on any atom is -0.342 e. The molecule has 4 aromatic rings. The van der Waals surface area contributed by atoms with Crippen LogP contribution in [-0.4, -0.2) is 33.1 Å². The number of nitrogens with zero attached hydrogens (tertiary/aromatic N) is 2. The molecule has 0 aliphatic carbocycles. The first kappa shape index (κ1) is 26.5. The number of hydrogen-bond acceptors (Lipinski definition) is 4. The van der Waals surface area contributed by atoms with E-state index < -0.39 is 52.6 Å². The maximum absolute atomic E-state index is 13.9. The summed E-state index contributed by atoms with van der Waals surface area (Å²) in [6.45, 7) is -0.444. The van der Waals surface area contributed by atoms with Gasteiger partial charge in [-0.05, 0) is 53.7 Å². The molecule has 1 aromatic heterocycles. The fourth-order valence-corrected chi connectivity index (χ4v) is 5.14. The van der Waals surface area contributed by atoms with E-state index in [1.807, 2.05) is 34.1 Å². The van der Waals surface area contributed by atoms with Gasteiger partial charge < -0.3 is 9.88 Å². The lowest BCUT2D eigenvalue weighted by atomic mass is 10.1. The third-order valence-corrected chi connectivity index (χ3v) is 7.21. The Bertz CT molecular complexity index is 1710. The number of carbonyl (C=O) groups excluding carboxylic acids is 3. The fourth-order valence-electron chi connectivity index (χ4n) is 4.09. The quantitative estimate of drug-likeness (QED) is 0.161. The summed E-state index contributed by atoms with van der Waals surface area (Å²) in [5.41, 5.74) is 1.46. The standard InChI is InChI=1S/C27H16ClF4N3O3S/c28-18-10-16(29)6-5-14(18)11-34-12-15(17-3-1-2-4-21(17)34)9-22-26(37)35(27(38)39-22)13-23(36)33-20-8-7-19(30)24(31)25(20)32/h1-10,12H,11,13H2,(H,33,36). The molecule has 1 saturated heterocycles. The second kappa shape index (κ2) is 10.6. The average molecular weight is 574 g/mol. The van der Waals surface area contributed by atoms with Gasteiger partial charge in [0.05, 0.1) is 10.6 Å². The van der Waals surface area contributed by atoms with Crippen LogP contribution in [0.5, 0.6) is 0 Å². The molecule has 12 heteroatoms. The highest BCUT2D eigenvalue weighted by molar-refractivity contribution is 8.18. The number of aromatic nitrogens is 1. The minimum atomic E-state index is -1.76. The number of para-hydroxylation sites is 1. The van der Waals surface area contributed by atoms with Crippen molar-refractivity contribution in [2.45, 2.75) is 6.54 Å². The van der Waals surface area contributed by atoms with E-state index in [4.69, 9.17) is 11.6 Å². The molecule has 39 heavy (non-hydrogen) atoms. The highest BCUT2D eigenvalue weighted by atomic mass is 35.5. The number of fused-ring (bicyclic) bond motifs is 1. The normalized spacial score (nSPS) is 14.6. The van der Waals surface area contributed by atoms with E-state index in [9.17, 15) is 31.9 Å². The first-order chi connectivity index (χ1) is 18.6. The van der Waals surface area contributed by atoms with Gasteiger partial charge in [0.15, 0.2) is 17.5 Å². The van der Waals surface area contributed by atoms with Crippen LogP contribution in [0.2, 0.25) is 5.02 Å². The molecule has 0 atom stereocenters. The van der Waals surface area contributed by atoms with Crippen molar-refractivity contribution in [1.29, 1.82) is 0 Å². The van der Waals surface area contributed by atoms with Crippen LogP contribution in [0.25, 0.3) is 17.0 Å². The summed E-state index contributed by atoms with van der Waals surface area (Å²) >= 11 is 6.82. The van der Waals surface area contributed by atoms with Crippen molar-refractivity contribution >= 4 is 63.1 Å². The van der Waals surface area contributed by atoms with Crippen LogP contribution in [0.1, 0.15) is 11.1 Å². The average Bonchev–Trinajstić information content (AvgIpc) is 3.38. The van der Waals surface area contributed by atoms with E-state index >= 15 is 0 Å². The summed E-state index contributed by atoms with van der Waals surface area (Å²) in [5, 5.41) is 2.34. The summed E-state index contributed by atoms with van der Waals surface area (Å²) in [4.78, 5) is 38.6. The zero-order valence-corrected chi connectivity index (χ0v) is 21.3. The van der Waals surface area contributed by atoms with Gasteiger partial charge in [-0.2, -0.15) is 0 Å². The van der Waals surface area contributed by atoms with Gasteiger partial charge in [-0.1, -0.05) is 35.9 Å². The van der Waals surface area contributed by atoms with Crippen LogP contribution in [0.4, 0.5) is 28.0 Å². The first-order valence-electron chi connectivity index (χ1n) is 11.3. The number of benzene rings is 3. The fraction of sp³-hybridized carbons (Fsp3) is 0.0741. The molecule has 1 aliphatic heterocycles. The lowest BCUT2D eigenvalue weighted by Gasteiger charge is -2.13. The summed E-state index contributed by atoms with van der Waals surface area (Å²) in [6, 6.07) is 12.9. The van der Waals surface area contributed by atoms with Gasteiger partial charge in [0.1, 0.15) is 12.4 Å². The van der Waals surface area contributed by atoms with Crippen molar-refractivity contribution in [3.8, 4) is 0 Å². The zero-order chi connectivity index (χ0) is 27.8. The van der Waals surface area contributed by atoms with Gasteiger partial charge in [-0.3, -0.25) is 19.3 Å². The third-order valence-electron chi connectivity index (χ3n) is 5.95. The molecule has 1 aliphatic rings. The van der Waals surface area contributed by atoms with Crippen molar-refractivity contribution in [2.24, 2.45) is 0 Å². The monoisotopic (exact) mass is 573 g/mol. The van der Waals surface area contributed by atoms with Crippen molar-refractivity contribution in [1.82, 2.24) is 9.47 Å². The van der Waals surface area contributed by atoms with Crippen LogP contribution in [-0.2, 0) is 16.1 Å². The number of carbonyl (C=O) groups is 3. The summed E-state index contributed by atoms with van der Waals surface area (Å²) < 4.78 is 55.8. The topological polar surface area (TPSA) is 71.4 Å². The van der Waals surface area contributed by atoms with Crippen LogP contribution >= 0.6 is 23.4 Å². The van der Waals surface area contributed by atoms with Gasteiger partial charge in [0.2, 0.25) is 5.91 Å². The van der Waals surface area contributed by atoms with Gasteiger partial charge in [-0.25, -0.2) is 17.6 Å². The molecule has 198 valence electrons. The predicted molar refractivity (Wildman–Crippen MR) is 140 cm³/mol. The molecule has 3 aromatic carbocycles. The molecule has 2 heterocycles. The maximum Gasteiger partial charge on any atom is 0.294 e. The van der Waals surface area contributed by atoms with Crippen LogP contribution in [0.15, 0.2) is 65.7 Å². The highest BCUT2D eigenvalue weighted by Crippen LogP contribution is 2.34. The lowest BCUT2D eigenvalue weighted by molar-refractivity contribution is -0.127. The van der Waals surface area contributed by atoms with Crippen molar-refractivity contribution < 1.29 is 31.9 Å². The smallest absolute Gasteiger partial charge is 0.294 e. The Morgan fingerprint density at radius 3 is 2.54 bits per heavy atom. The van der Waals surface area contributed by atoms with Crippen LogP contribution in [0.3, 0.4) is 0 Å². The summed E-state index contributed by atoms with van der Waals surface area (Å²) in [5.74, 6) is -6.97. The number of thioether (sulfide) groups is 1. The zero-order valence-electron chi connectivity index (χ0n) is 19.7. The van der Waals surface area contributed by atoms with Crippen molar-refractivity contribution in [3.63, 3.8) is 0 Å². The van der Waals surface area contributed by atoms with E-state index in [0.29, 0.717) is 40.4 Å².